The van der Waals surface area contributed by atoms with Crippen LogP contribution in [0.2, 0.25) is 0 Å². The first-order chi connectivity index (χ1) is 14.9. The summed E-state index contributed by atoms with van der Waals surface area (Å²) in [6.07, 6.45) is 3.08. The van der Waals surface area contributed by atoms with Gasteiger partial charge in [-0.2, -0.15) is 4.31 Å². The Morgan fingerprint density at radius 2 is 1.74 bits per heavy atom. The Balaban J connectivity index is 1.59. The number of rotatable bonds is 7. The second kappa shape index (κ2) is 10.6. The highest BCUT2D eigenvalue weighted by atomic mass is 32.2. The third-order valence-electron chi connectivity index (χ3n) is 6.18. The lowest BCUT2D eigenvalue weighted by atomic mass is 9.98. The summed E-state index contributed by atoms with van der Waals surface area (Å²) >= 11 is 0. The van der Waals surface area contributed by atoms with Gasteiger partial charge in [0.05, 0.1) is 18.1 Å². The molecule has 0 aromatic heterocycles. The van der Waals surface area contributed by atoms with Gasteiger partial charge in [-0.25, -0.2) is 8.42 Å². The Hall–Kier alpha value is -1.97. The summed E-state index contributed by atoms with van der Waals surface area (Å²) in [5.74, 6) is -0.0121. The van der Waals surface area contributed by atoms with Crippen LogP contribution in [0.4, 0.5) is 0 Å². The summed E-state index contributed by atoms with van der Waals surface area (Å²) in [7, 11) is -3.65. The lowest BCUT2D eigenvalue weighted by Gasteiger charge is -2.34. The van der Waals surface area contributed by atoms with E-state index in [4.69, 9.17) is 4.74 Å². The molecule has 0 bridgehead atoms. The van der Waals surface area contributed by atoms with Crippen LogP contribution in [-0.2, 0) is 19.6 Å². The molecule has 0 saturated carbocycles. The van der Waals surface area contributed by atoms with Crippen LogP contribution in [0.1, 0.15) is 49.9 Å². The quantitative estimate of drug-likeness (QED) is 0.683. The minimum Gasteiger partial charge on any atom is -0.379 e. The van der Waals surface area contributed by atoms with E-state index in [9.17, 15) is 18.0 Å². The molecule has 2 aliphatic heterocycles. The van der Waals surface area contributed by atoms with Crippen LogP contribution in [0.3, 0.4) is 0 Å². The number of piperidine rings is 1. The van der Waals surface area contributed by atoms with E-state index < -0.39 is 10.0 Å². The van der Waals surface area contributed by atoms with Crippen molar-refractivity contribution in [3.8, 4) is 0 Å². The lowest BCUT2D eigenvalue weighted by molar-refractivity contribution is -0.136. The topological polar surface area (TPSA) is 96.0 Å². The molecule has 2 aliphatic rings. The van der Waals surface area contributed by atoms with Crippen molar-refractivity contribution in [3.63, 3.8) is 0 Å². The van der Waals surface area contributed by atoms with Crippen LogP contribution in [0, 0.1) is 5.92 Å². The van der Waals surface area contributed by atoms with Crippen molar-refractivity contribution in [3.05, 3.63) is 29.8 Å². The molecule has 1 N–H and O–H groups in total. The minimum atomic E-state index is -3.65. The van der Waals surface area contributed by atoms with Gasteiger partial charge in [0.15, 0.2) is 0 Å². The van der Waals surface area contributed by atoms with Crippen LogP contribution >= 0.6 is 0 Å². The van der Waals surface area contributed by atoms with Crippen LogP contribution < -0.4 is 5.32 Å². The number of hydrogen-bond acceptors (Lipinski definition) is 5. The van der Waals surface area contributed by atoms with Gasteiger partial charge in [0.1, 0.15) is 0 Å². The van der Waals surface area contributed by atoms with Crippen molar-refractivity contribution in [1.29, 1.82) is 0 Å². The van der Waals surface area contributed by atoms with Crippen LogP contribution in [0.5, 0.6) is 0 Å². The van der Waals surface area contributed by atoms with Gasteiger partial charge >= 0.3 is 0 Å². The number of sulfonamides is 1. The van der Waals surface area contributed by atoms with E-state index >= 15 is 0 Å². The summed E-state index contributed by atoms with van der Waals surface area (Å²) in [5.41, 5.74) is 0.324. The van der Waals surface area contributed by atoms with Gasteiger partial charge in [-0.15, -0.1) is 0 Å². The monoisotopic (exact) mass is 451 g/mol. The zero-order valence-corrected chi connectivity index (χ0v) is 19.2. The van der Waals surface area contributed by atoms with Crippen molar-refractivity contribution in [2.75, 3.05) is 39.4 Å². The standard InChI is InChI=1S/C22H33N3O5S/c1-3-17(4-2)22(27)24-10-8-19(9-11-24)23-21(26)18-6-5-7-20(16-18)31(28,29)25-12-14-30-15-13-25/h5-7,16-17,19H,3-4,8-15H2,1-2H3,(H,23,26). The van der Waals surface area contributed by atoms with E-state index in [0.717, 1.165) is 12.8 Å². The zero-order valence-electron chi connectivity index (χ0n) is 18.4. The first-order valence-electron chi connectivity index (χ1n) is 11.1. The van der Waals surface area contributed by atoms with Gasteiger partial charge in [0, 0.05) is 43.7 Å². The summed E-state index contributed by atoms with van der Waals surface area (Å²) < 4.78 is 32.3. The summed E-state index contributed by atoms with van der Waals surface area (Å²) in [5, 5.41) is 3.00. The molecule has 9 heteroatoms. The highest BCUT2D eigenvalue weighted by Gasteiger charge is 2.29. The molecule has 2 saturated heterocycles. The second-order valence-electron chi connectivity index (χ2n) is 8.13. The molecule has 2 fully saturated rings. The number of benzene rings is 1. The number of nitrogens with zero attached hydrogens (tertiary/aromatic N) is 2. The molecule has 0 aliphatic carbocycles. The number of hydrogen-bond donors (Lipinski definition) is 1. The third kappa shape index (κ3) is 5.64. The van der Waals surface area contributed by atoms with E-state index in [-0.39, 0.29) is 28.7 Å². The van der Waals surface area contributed by atoms with Gasteiger partial charge in [0.2, 0.25) is 15.9 Å². The predicted molar refractivity (Wildman–Crippen MR) is 117 cm³/mol. The SMILES string of the molecule is CCC(CC)C(=O)N1CCC(NC(=O)c2cccc(S(=O)(=O)N3CCOCC3)c2)CC1. The van der Waals surface area contributed by atoms with Crippen LogP contribution in [0.25, 0.3) is 0 Å². The van der Waals surface area contributed by atoms with Gasteiger partial charge in [-0.05, 0) is 43.9 Å². The normalized spacial score (nSPS) is 18.9. The molecule has 1 aromatic carbocycles. The molecular formula is C22H33N3O5S. The Kier molecular flexibility index (Phi) is 8.07. The molecule has 0 radical (unpaired) electrons. The summed E-state index contributed by atoms with van der Waals surface area (Å²) in [4.78, 5) is 27.3. The molecule has 172 valence electrons. The number of carbonyl (C=O) groups is 2. The summed E-state index contributed by atoms with van der Waals surface area (Å²) in [6.45, 7) is 6.70. The van der Waals surface area contributed by atoms with Crippen molar-refractivity contribution < 1.29 is 22.7 Å². The predicted octanol–water partition coefficient (Wildman–Crippen LogP) is 1.86. The number of nitrogens with one attached hydrogen (secondary N) is 1. The van der Waals surface area contributed by atoms with Crippen LogP contribution in [0.15, 0.2) is 29.2 Å². The van der Waals surface area contributed by atoms with E-state index in [1.54, 1.807) is 12.1 Å². The van der Waals surface area contributed by atoms with Gasteiger partial charge in [0.25, 0.3) is 5.91 Å². The highest BCUT2D eigenvalue weighted by molar-refractivity contribution is 7.89. The second-order valence-corrected chi connectivity index (χ2v) is 10.1. The molecule has 0 spiro atoms. The molecule has 8 nitrogen and oxygen atoms in total. The molecule has 2 amide bonds. The van der Waals surface area contributed by atoms with Gasteiger partial charge in [-0.3, -0.25) is 9.59 Å². The van der Waals surface area contributed by atoms with Crippen molar-refractivity contribution in [2.24, 2.45) is 5.92 Å². The van der Waals surface area contributed by atoms with Crippen molar-refractivity contribution in [2.45, 2.75) is 50.5 Å². The van der Waals surface area contributed by atoms with E-state index in [2.05, 4.69) is 5.32 Å². The Morgan fingerprint density at radius 3 is 2.35 bits per heavy atom. The maximum atomic E-state index is 12.9. The average molecular weight is 452 g/mol. The molecule has 2 heterocycles. The van der Waals surface area contributed by atoms with Gasteiger partial charge in [-0.1, -0.05) is 19.9 Å². The largest absolute Gasteiger partial charge is 0.379 e. The number of carbonyl (C=O) groups excluding carboxylic acids is 2. The maximum Gasteiger partial charge on any atom is 0.251 e. The van der Waals surface area contributed by atoms with Crippen molar-refractivity contribution in [1.82, 2.24) is 14.5 Å². The molecule has 0 atom stereocenters. The van der Waals surface area contributed by atoms with Crippen molar-refractivity contribution >= 4 is 21.8 Å². The fourth-order valence-electron chi connectivity index (χ4n) is 4.14. The number of ether oxygens (including phenoxy) is 1. The van der Waals surface area contributed by atoms with E-state index in [1.165, 1.54) is 16.4 Å². The first-order valence-corrected chi connectivity index (χ1v) is 12.6. The molecule has 0 unspecified atom stereocenters. The lowest BCUT2D eigenvalue weighted by Crippen LogP contribution is -2.48. The molecule has 1 aromatic rings. The molecular weight excluding hydrogens is 418 g/mol. The fourth-order valence-corrected chi connectivity index (χ4v) is 5.60. The van der Waals surface area contributed by atoms with E-state index in [1.807, 2.05) is 18.7 Å². The van der Waals surface area contributed by atoms with E-state index in [0.29, 0.717) is 57.8 Å². The first kappa shape index (κ1) is 23.7. The minimum absolute atomic E-state index is 0.0299. The highest BCUT2D eigenvalue weighted by Crippen LogP contribution is 2.20. The number of morpholine rings is 1. The molecule has 31 heavy (non-hydrogen) atoms. The maximum absolute atomic E-state index is 12.9. The van der Waals surface area contributed by atoms with Crippen LogP contribution in [-0.4, -0.2) is 74.9 Å². The third-order valence-corrected chi connectivity index (χ3v) is 8.08. The summed E-state index contributed by atoms with van der Waals surface area (Å²) in [6, 6.07) is 6.14. The Bertz CT molecular complexity index is 871. The Labute approximate surface area is 185 Å². The zero-order chi connectivity index (χ0) is 22.4. The number of likely N-dealkylation sites (tertiary alicyclic amines) is 1. The number of amides is 2. The fraction of sp³-hybridized carbons (Fsp3) is 0.636. The average Bonchev–Trinajstić information content (AvgIpc) is 2.81. The van der Waals surface area contributed by atoms with Gasteiger partial charge < -0.3 is 15.0 Å². The molecule has 3 rings (SSSR count). The Morgan fingerprint density at radius 1 is 1.10 bits per heavy atom. The smallest absolute Gasteiger partial charge is 0.251 e.